The van der Waals surface area contributed by atoms with Crippen LogP contribution >= 0.6 is 0 Å². The molecule has 0 spiro atoms. The maximum atomic E-state index is 9.03. The summed E-state index contributed by atoms with van der Waals surface area (Å²) in [5.74, 6) is 0.908. The Labute approximate surface area is 91.5 Å². The molecule has 0 amide bonds. The van der Waals surface area contributed by atoms with Crippen molar-refractivity contribution in [2.45, 2.75) is 26.5 Å². The van der Waals surface area contributed by atoms with E-state index in [1.54, 1.807) is 0 Å². The first-order valence-corrected chi connectivity index (χ1v) is 5.73. The molecule has 2 nitrogen and oxygen atoms in total. The van der Waals surface area contributed by atoms with Gasteiger partial charge in [0.05, 0.1) is 6.61 Å². The van der Waals surface area contributed by atoms with Crippen molar-refractivity contribution in [3.63, 3.8) is 0 Å². The highest BCUT2D eigenvalue weighted by Gasteiger charge is 2.24. The quantitative estimate of drug-likeness (QED) is 0.813. The third-order valence-corrected chi connectivity index (χ3v) is 3.19. The molecule has 15 heavy (non-hydrogen) atoms. The number of rotatable bonds is 4. The molecule has 0 unspecified atom stereocenters. The zero-order chi connectivity index (χ0) is 10.7. The molecule has 0 radical (unpaired) electrons. The Hall–Kier alpha value is -0.860. The number of aliphatic hydroxyl groups excluding tert-OH is 1. The number of nitrogens with zero attached hydrogens (tertiary/aromatic N) is 1. The fraction of sp³-hybridized carbons (Fsp3) is 0.538. The van der Waals surface area contributed by atoms with Gasteiger partial charge in [0.1, 0.15) is 0 Å². The van der Waals surface area contributed by atoms with E-state index in [-0.39, 0.29) is 6.61 Å². The summed E-state index contributed by atoms with van der Waals surface area (Å²) in [7, 11) is 0. The van der Waals surface area contributed by atoms with E-state index in [1.165, 1.54) is 25.1 Å². The predicted octanol–water partition coefficient (Wildman–Crippen LogP) is 2.02. The number of hydrogen-bond donors (Lipinski definition) is 1. The summed E-state index contributed by atoms with van der Waals surface area (Å²) >= 11 is 0. The van der Waals surface area contributed by atoms with E-state index in [1.807, 2.05) is 12.1 Å². The molecule has 0 saturated carbocycles. The molecule has 0 bridgehead atoms. The highest BCUT2D eigenvalue weighted by atomic mass is 16.3. The first-order valence-electron chi connectivity index (χ1n) is 5.73. The Morgan fingerprint density at radius 1 is 1.33 bits per heavy atom. The molecule has 1 saturated heterocycles. The van der Waals surface area contributed by atoms with Crippen molar-refractivity contribution in [2.75, 3.05) is 13.1 Å². The van der Waals surface area contributed by atoms with Crippen LogP contribution in [0.25, 0.3) is 0 Å². The summed E-state index contributed by atoms with van der Waals surface area (Å²) in [5, 5.41) is 9.03. The van der Waals surface area contributed by atoms with Gasteiger partial charge in [-0.05, 0) is 17.0 Å². The molecule has 1 N–H and O–H groups in total. The van der Waals surface area contributed by atoms with E-state index in [4.69, 9.17) is 5.11 Å². The van der Waals surface area contributed by atoms with Crippen LogP contribution in [0.5, 0.6) is 0 Å². The maximum absolute atomic E-state index is 9.03. The summed E-state index contributed by atoms with van der Waals surface area (Å²) in [6.45, 7) is 5.91. The fourth-order valence-electron chi connectivity index (χ4n) is 2.15. The Bertz CT molecular complexity index is 318. The molecular formula is C13H19NO. The number of aliphatic hydroxyl groups is 1. The van der Waals surface area contributed by atoms with Gasteiger partial charge >= 0.3 is 0 Å². The van der Waals surface area contributed by atoms with Crippen LogP contribution in [0.2, 0.25) is 0 Å². The monoisotopic (exact) mass is 205 g/mol. The van der Waals surface area contributed by atoms with Gasteiger partial charge in [-0.15, -0.1) is 0 Å². The van der Waals surface area contributed by atoms with Gasteiger partial charge in [0.2, 0.25) is 0 Å². The summed E-state index contributed by atoms with van der Waals surface area (Å²) in [6.07, 6.45) is 1.30. The summed E-state index contributed by atoms with van der Waals surface area (Å²) in [6, 6.07) is 8.23. The average molecular weight is 205 g/mol. The molecule has 1 aliphatic rings. The third kappa shape index (κ3) is 2.58. The van der Waals surface area contributed by atoms with Crippen molar-refractivity contribution in [3.05, 3.63) is 35.4 Å². The van der Waals surface area contributed by atoms with E-state index in [0.29, 0.717) is 0 Å². The van der Waals surface area contributed by atoms with Crippen molar-refractivity contribution in [1.29, 1.82) is 0 Å². The van der Waals surface area contributed by atoms with Crippen molar-refractivity contribution < 1.29 is 5.11 Å². The second kappa shape index (κ2) is 4.77. The minimum Gasteiger partial charge on any atom is -0.392 e. The van der Waals surface area contributed by atoms with E-state index in [9.17, 15) is 0 Å². The minimum absolute atomic E-state index is 0.144. The fourth-order valence-corrected chi connectivity index (χ4v) is 2.15. The Kier molecular flexibility index (Phi) is 3.39. The third-order valence-electron chi connectivity index (χ3n) is 3.19. The molecule has 0 aromatic heterocycles. The van der Waals surface area contributed by atoms with E-state index in [2.05, 4.69) is 24.0 Å². The van der Waals surface area contributed by atoms with Gasteiger partial charge in [-0.1, -0.05) is 37.6 Å². The summed E-state index contributed by atoms with van der Waals surface area (Å²) in [5.41, 5.74) is 2.33. The average Bonchev–Trinajstić information content (AvgIpc) is 2.23. The summed E-state index contributed by atoms with van der Waals surface area (Å²) in [4.78, 5) is 2.46. The second-order valence-electron chi connectivity index (χ2n) is 4.45. The largest absolute Gasteiger partial charge is 0.392 e. The first kappa shape index (κ1) is 10.7. The lowest BCUT2D eigenvalue weighted by Gasteiger charge is -2.38. The van der Waals surface area contributed by atoms with E-state index >= 15 is 0 Å². The van der Waals surface area contributed by atoms with Gasteiger partial charge in [-0.25, -0.2) is 0 Å². The second-order valence-corrected chi connectivity index (χ2v) is 4.45. The van der Waals surface area contributed by atoms with Gasteiger partial charge in [0.15, 0.2) is 0 Å². The number of hydrogen-bond acceptors (Lipinski definition) is 2. The Morgan fingerprint density at radius 3 is 2.73 bits per heavy atom. The highest BCUT2D eigenvalue weighted by Crippen LogP contribution is 2.21. The predicted molar refractivity (Wildman–Crippen MR) is 61.4 cm³/mol. The molecule has 0 atom stereocenters. The summed E-state index contributed by atoms with van der Waals surface area (Å²) < 4.78 is 0. The van der Waals surface area contributed by atoms with Gasteiger partial charge in [0.25, 0.3) is 0 Å². The normalized spacial score (nSPS) is 17.7. The van der Waals surface area contributed by atoms with Crippen LogP contribution in [-0.4, -0.2) is 23.1 Å². The molecule has 0 aliphatic carbocycles. The molecule has 2 heteroatoms. The van der Waals surface area contributed by atoms with Gasteiger partial charge in [0, 0.05) is 19.6 Å². The topological polar surface area (TPSA) is 23.5 Å². The van der Waals surface area contributed by atoms with Crippen LogP contribution in [0, 0.1) is 5.92 Å². The van der Waals surface area contributed by atoms with Crippen LogP contribution in [0.15, 0.2) is 24.3 Å². The van der Waals surface area contributed by atoms with Crippen LogP contribution in [-0.2, 0) is 13.2 Å². The molecule has 82 valence electrons. The van der Waals surface area contributed by atoms with E-state index < -0.39 is 0 Å². The number of benzene rings is 1. The smallest absolute Gasteiger partial charge is 0.0681 e. The molecule has 1 aliphatic heterocycles. The van der Waals surface area contributed by atoms with Gasteiger partial charge < -0.3 is 5.11 Å². The standard InChI is InChI=1S/C13H19NO/c1-2-11-7-14(8-11)9-12-4-3-5-13(6-12)10-15/h3-6,11,15H,2,7-10H2,1H3. The molecule has 1 aromatic rings. The Balaban J connectivity index is 1.88. The van der Waals surface area contributed by atoms with Crippen LogP contribution in [0.1, 0.15) is 24.5 Å². The minimum atomic E-state index is 0.144. The van der Waals surface area contributed by atoms with Crippen LogP contribution in [0.3, 0.4) is 0 Å². The lowest BCUT2D eigenvalue weighted by atomic mass is 9.96. The van der Waals surface area contributed by atoms with Crippen molar-refractivity contribution >= 4 is 0 Å². The zero-order valence-electron chi connectivity index (χ0n) is 9.32. The van der Waals surface area contributed by atoms with Crippen molar-refractivity contribution in [2.24, 2.45) is 5.92 Å². The van der Waals surface area contributed by atoms with Gasteiger partial charge in [-0.3, -0.25) is 4.90 Å². The zero-order valence-corrected chi connectivity index (χ0v) is 9.32. The van der Waals surface area contributed by atoms with Crippen molar-refractivity contribution in [1.82, 2.24) is 4.90 Å². The molecule has 1 aromatic carbocycles. The molecular weight excluding hydrogens is 186 g/mol. The SMILES string of the molecule is CCC1CN(Cc2cccc(CO)c2)C1. The van der Waals surface area contributed by atoms with Crippen LogP contribution in [0.4, 0.5) is 0 Å². The maximum Gasteiger partial charge on any atom is 0.0681 e. The highest BCUT2D eigenvalue weighted by molar-refractivity contribution is 5.23. The van der Waals surface area contributed by atoms with Gasteiger partial charge in [-0.2, -0.15) is 0 Å². The molecule has 1 heterocycles. The lowest BCUT2D eigenvalue weighted by Crippen LogP contribution is -2.45. The van der Waals surface area contributed by atoms with Crippen LogP contribution < -0.4 is 0 Å². The van der Waals surface area contributed by atoms with Crippen molar-refractivity contribution in [3.8, 4) is 0 Å². The number of likely N-dealkylation sites (tertiary alicyclic amines) is 1. The lowest BCUT2D eigenvalue weighted by molar-refractivity contribution is 0.0898. The molecule has 2 rings (SSSR count). The van der Waals surface area contributed by atoms with E-state index in [0.717, 1.165) is 18.0 Å². The Morgan fingerprint density at radius 2 is 2.07 bits per heavy atom. The molecule has 1 fully saturated rings. The first-order chi connectivity index (χ1) is 7.31.